The lowest BCUT2D eigenvalue weighted by molar-refractivity contribution is -0.142. The average molecular weight is 821 g/mol. The molecule has 12 heteroatoms. The lowest BCUT2D eigenvalue weighted by Crippen LogP contribution is -2.56. The fraction of sp³-hybridized carbons (Fsp3) is 0.286. The minimum atomic E-state index is -1.26. The van der Waals surface area contributed by atoms with Crippen molar-refractivity contribution in [2.45, 2.75) is 85.7 Å². The number of rotatable bonds is 11. The number of nitrogens with one attached hydrogen (secondary N) is 1. The van der Waals surface area contributed by atoms with Crippen LogP contribution in [0.3, 0.4) is 0 Å². The van der Waals surface area contributed by atoms with Gasteiger partial charge in [0.2, 0.25) is 5.91 Å². The van der Waals surface area contributed by atoms with Gasteiger partial charge in [0, 0.05) is 38.2 Å². The standard InChI is InChI=1S/C49H48N4O8/c1-27-7-8-34(19-28(27)2)25-58-39-15-13-36(14-16-39)45-26-59-43-22-37-21-42(53(24-38(37)23-44(43)61-45)48(55)46-31(5)60-32(6)51-46)47(54)52-41(49(56)57)20-33-9-11-35(12-10-33)40-17-18-50-30(4)29(40)3/h7-19,22-23,41-42,45H,20-21,24-26H2,1-6H3,(H,52,54)(H,56,57)/t41-,42-,45+/m0/s1. The molecule has 0 bridgehead atoms. The highest BCUT2D eigenvalue weighted by Crippen LogP contribution is 2.41. The molecule has 3 atom stereocenters. The van der Waals surface area contributed by atoms with Crippen molar-refractivity contribution in [2.75, 3.05) is 6.61 Å². The molecule has 0 saturated carbocycles. The third-order valence-corrected chi connectivity index (χ3v) is 11.7. The number of oxazole rings is 1. The molecule has 0 fully saturated rings. The monoisotopic (exact) mass is 820 g/mol. The highest BCUT2D eigenvalue weighted by Gasteiger charge is 2.39. The van der Waals surface area contributed by atoms with E-state index in [1.54, 1.807) is 20.0 Å². The second-order valence-electron chi connectivity index (χ2n) is 15.9. The molecule has 0 radical (unpaired) electrons. The summed E-state index contributed by atoms with van der Waals surface area (Å²) in [6.45, 7) is 12.2. The topological polar surface area (TPSA) is 153 Å². The number of fused-ring (bicyclic) bond motifs is 2. The maximum atomic E-state index is 14.2. The normalized spacial score (nSPS) is 16.1. The van der Waals surface area contributed by atoms with E-state index in [0.29, 0.717) is 29.8 Å². The summed E-state index contributed by atoms with van der Waals surface area (Å²) in [6, 6.07) is 25.0. The van der Waals surface area contributed by atoms with Gasteiger partial charge in [0.05, 0.1) is 0 Å². The van der Waals surface area contributed by atoms with Crippen molar-refractivity contribution in [3.63, 3.8) is 0 Å². The third kappa shape index (κ3) is 8.70. The third-order valence-electron chi connectivity index (χ3n) is 11.7. The molecule has 2 N–H and O–H groups in total. The van der Waals surface area contributed by atoms with E-state index in [2.05, 4.69) is 47.3 Å². The largest absolute Gasteiger partial charge is 0.489 e. The predicted molar refractivity (Wildman–Crippen MR) is 228 cm³/mol. The van der Waals surface area contributed by atoms with Crippen LogP contribution in [-0.2, 0) is 35.6 Å². The fourth-order valence-corrected chi connectivity index (χ4v) is 7.94. The van der Waals surface area contributed by atoms with Crippen molar-refractivity contribution < 1.29 is 38.1 Å². The van der Waals surface area contributed by atoms with E-state index in [1.165, 1.54) is 16.0 Å². The molecule has 61 heavy (non-hydrogen) atoms. The number of nitrogens with zero attached hydrogens (tertiary/aromatic N) is 3. The van der Waals surface area contributed by atoms with Gasteiger partial charge in [-0.05, 0) is 121 Å². The summed E-state index contributed by atoms with van der Waals surface area (Å²) in [6.07, 6.45) is 1.52. The summed E-state index contributed by atoms with van der Waals surface area (Å²) < 4.78 is 24.4. The molecule has 2 aliphatic heterocycles. The zero-order chi connectivity index (χ0) is 42.9. The number of aryl methyl sites for hydroxylation is 5. The van der Waals surface area contributed by atoms with Gasteiger partial charge >= 0.3 is 5.97 Å². The Labute approximate surface area is 354 Å². The summed E-state index contributed by atoms with van der Waals surface area (Å²) in [7, 11) is 0. The minimum Gasteiger partial charge on any atom is -0.489 e. The Morgan fingerprint density at radius 3 is 2.31 bits per heavy atom. The predicted octanol–water partition coefficient (Wildman–Crippen LogP) is 8.06. The van der Waals surface area contributed by atoms with E-state index in [1.807, 2.05) is 80.6 Å². The summed E-state index contributed by atoms with van der Waals surface area (Å²) in [5.41, 5.74) is 10.9. The molecule has 0 spiro atoms. The smallest absolute Gasteiger partial charge is 0.326 e. The number of benzene rings is 4. The second kappa shape index (κ2) is 17.0. The molecule has 2 amide bonds. The van der Waals surface area contributed by atoms with Crippen LogP contribution in [0.5, 0.6) is 17.2 Å². The second-order valence-corrected chi connectivity index (χ2v) is 15.9. The van der Waals surface area contributed by atoms with Gasteiger partial charge < -0.3 is 34.0 Å². The molecule has 4 heterocycles. The fourth-order valence-electron chi connectivity index (χ4n) is 7.94. The van der Waals surface area contributed by atoms with Gasteiger partial charge in [0.25, 0.3) is 5.91 Å². The Morgan fingerprint density at radius 2 is 1.61 bits per heavy atom. The maximum Gasteiger partial charge on any atom is 0.326 e. The van der Waals surface area contributed by atoms with Crippen LogP contribution in [0.1, 0.15) is 78.4 Å². The van der Waals surface area contributed by atoms with Gasteiger partial charge in [-0.1, -0.05) is 54.6 Å². The van der Waals surface area contributed by atoms with Crippen LogP contribution < -0.4 is 19.5 Å². The molecule has 8 rings (SSSR count). The van der Waals surface area contributed by atoms with Crippen molar-refractivity contribution in [1.82, 2.24) is 20.2 Å². The molecule has 2 aromatic heterocycles. The van der Waals surface area contributed by atoms with Crippen LogP contribution >= 0.6 is 0 Å². The first kappa shape index (κ1) is 40.8. The van der Waals surface area contributed by atoms with Gasteiger partial charge in [-0.2, -0.15) is 0 Å². The summed E-state index contributed by atoms with van der Waals surface area (Å²) in [5.74, 6) is 0.125. The Hall–Kier alpha value is -6.95. The van der Waals surface area contributed by atoms with Crippen LogP contribution in [0.2, 0.25) is 0 Å². The van der Waals surface area contributed by atoms with Gasteiger partial charge in [-0.3, -0.25) is 14.6 Å². The van der Waals surface area contributed by atoms with Crippen LogP contribution in [0, 0.1) is 41.5 Å². The first-order valence-corrected chi connectivity index (χ1v) is 20.3. The SMILES string of the molecule is Cc1nc(C(=O)N2Cc3cc4c(cc3C[C@H]2C(=O)N[C@@H](Cc2ccc(-c3ccnc(C)c3C)cc2)C(=O)O)OC[C@H](c2ccc(OCc3ccc(C)c(C)c3)cc2)O4)c(C)o1. The number of aliphatic carboxylic acids is 1. The molecule has 0 unspecified atom stereocenters. The highest BCUT2D eigenvalue weighted by molar-refractivity contribution is 5.98. The zero-order valence-corrected chi connectivity index (χ0v) is 35.1. The Bertz CT molecular complexity index is 2640. The van der Waals surface area contributed by atoms with Gasteiger partial charge in [0.1, 0.15) is 36.8 Å². The summed E-state index contributed by atoms with van der Waals surface area (Å²) >= 11 is 0. The Balaban J connectivity index is 0.993. The molecule has 2 aliphatic rings. The van der Waals surface area contributed by atoms with Crippen molar-refractivity contribution in [3.05, 3.63) is 159 Å². The van der Waals surface area contributed by atoms with Crippen LogP contribution in [0.15, 0.2) is 95.5 Å². The lowest BCUT2D eigenvalue weighted by atomic mass is 9.91. The quantitative estimate of drug-likeness (QED) is 0.131. The zero-order valence-electron chi connectivity index (χ0n) is 35.1. The number of carboxylic acids is 1. The average Bonchev–Trinajstić information content (AvgIpc) is 3.60. The number of ether oxygens (including phenoxy) is 3. The van der Waals surface area contributed by atoms with Gasteiger partial charge in [-0.25, -0.2) is 9.78 Å². The number of hydrogen-bond acceptors (Lipinski definition) is 9. The van der Waals surface area contributed by atoms with Gasteiger partial charge in [-0.15, -0.1) is 0 Å². The molecule has 6 aromatic rings. The number of pyridine rings is 1. The first-order valence-electron chi connectivity index (χ1n) is 20.3. The molecule has 312 valence electrons. The number of aromatic nitrogens is 2. The maximum absolute atomic E-state index is 14.2. The van der Waals surface area contributed by atoms with E-state index >= 15 is 0 Å². The highest BCUT2D eigenvalue weighted by atomic mass is 16.6. The van der Waals surface area contributed by atoms with Crippen molar-refractivity contribution in [1.29, 1.82) is 0 Å². The van der Waals surface area contributed by atoms with E-state index in [-0.39, 0.29) is 31.7 Å². The molecular weight excluding hydrogens is 773 g/mol. The van der Waals surface area contributed by atoms with E-state index in [0.717, 1.165) is 56.0 Å². The van der Waals surface area contributed by atoms with Crippen LogP contribution in [0.25, 0.3) is 11.1 Å². The van der Waals surface area contributed by atoms with Crippen LogP contribution in [-0.4, -0.2) is 56.4 Å². The minimum absolute atomic E-state index is 0.0390. The van der Waals surface area contributed by atoms with Crippen molar-refractivity contribution in [3.8, 4) is 28.4 Å². The number of amides is 2. The summed E-state index contributed by atoms with van der Waals surface area (Å²) in [4.78, 5) is 51.2. The number of carboxylic acid groups (broad SMARTS) is 1. The lowest BCUT2D eigenvalue weighted by Gasteiger charge is -2.37. The Kier molecular flexibility index (Phi) is 11.3. The molecular formula is C49H48N4O8. The number of hydrogen-bond donors (Lipinski definition) is 2. The first-order chi connectivity index (χ1) is 29.3. The molecule has 4 aromatic carbocycles. The van der Waals surface area contributed by atoms with Crippen LogP contribution in [0.4, 0.5) is 0 Å². The Morgan fingerprint density at radius 1 is 0.869 bits per heavy atom. The summed E-state index contributed by atoms with van der Waals surface area (Å²) in [5, 5.41) is 13.0. The van der Waals surface area contributed by atoms with Crippen molar-refractivity contribution in [2.24, 2.45) is 0 Å². The van der Waals surface area contributed by atoms with E-state index < -0.39 is 36.0 Å². The van der Waals surface area contributed by atoms with Crippen molar-refractivity contribution >= 4 is 17.8 Å². The molecule has 0 aliphatic carbocycles. The number of carbonyl (C=O) groups excluding carboxylic acids is 2. The molecule has 0 saturated heterocycles. The van der Waals surface area contributed by atoms with E-state index in [9.17, 15) is 19.5 Å². The molecule has 12 nitrogen and oxygen atoms in total. The number of carbonyl (C=O) groups is 3. The van der Waals surface area contributed by atoms with E-state index in [4.69, 9.17) is 18.6 Å². The van der Waals surface area contributed by atoms with Gasteiger partial charge in [0.15, 0.2) is 29.2 Å².